The van der Waals surface area contributed by atoms with E-state index in [0.717, 1.165) is 27.7 Å². The summed E-state index contributed by atoms with van der Waals surface area (Å²) in [5.41, 5.74) is 3.78. The molecule has 1 fully saturated rings. The van der Waals surface area contributed by atoms with Gasteiger partial charge < -0.3 is 10.1 Å². The van der Waals surface area contributed by atoms with Crippen LogP contribution in [0.4, 0.5) is 10.1 Å². The molecule has 0 aliphatic carbocycles. The molecule has 1 saturated heterocycles. The van der Waals surface area contributed by atoms with Crippen molar-refractivity contribution in [2.45, 2.75) is 20.0 Å². The molecule has 1 aliphatic rings. The van der Waals surface area contributed by atoms with Gasteiger partial charge in [0.2, 0.25) is 0 Å². The van der Waals surface area contributed by atoms with Gasteiger partial charge in [-0.25, -0.2) is 9.38 Å². The highest BCUT2D eigenvalue weighted by Crippen LogP contribution is 2.31. The van der Waals surface area contributed by atoms with Gasteiger partial charge in [-0.05, 0) is 93.3 Å². The Morgan fingerprint density at radius 1 is 1.06 bits per heavy atom. The number of nitrogens with zero attached hydrogens (tertiary/aromatic N) is 1. The summed E-state index contributed by atoms with van der Waals surface area (Å²) in [7, 11) is 0. The molecule has 1 N–H and O–H groups in total. The van der Waals surface area contributed by atoms with E-state index >= 15 is 0 Å². The summed E-state index contributed by atoms with van der Waals surface area (Å²) in [4.78, 5) is 17.5. The molecule has 0 spiro atoms. The lowest BCUT2D eigenvalue weighted by atomic mass is 10.2. The van der Waals surface area contributed by atoms with Crippen LogP contribution in [0.1, 0.15) is 23.6 Å². The summed E-state index contributed by atoms with van der Waals surface area (Å²) < 4.78 is 19.6. The third-order valence-corrected chi connectivity index (χ3v) is 6.32. The lowest BCUT2D eigenvalue weighted by molar-refractivity contribution is -0.115. The number of amides is 1. The van der Waals surface area contributed by atoms with Gasteiger partial charge in [-0.1, -0.05) is 37.3 Å². The van der Waals surface area contributed by atoms with Gasteiger partial charge in [0.15, 0.2) is 5.17 Å². The number of aliphatic imine (C=N–C) groups is 1. The first-order valence-corrected chi connectivity index (χ1v) is 11.7. The molecule has 4 rings (SSSR count). The van der Waals surface area contributed by atoms with E-state index in [1.54, 1.807) is 12.1 Å². The minimum absolute atomic E-state index is 0.174. The van der Waals surface area contributed by atoms with Gasteiger partial charge in [-0.15, -0.1) is 0 Å². The Hall–Kier alpha value is -2.90. The first kappa shape index (κ1) is 22.3. The van der Waals surface area contributed by atoms with Crippen molar-refractivity contribution >= 4 is 50.5 Å². The molecule has 0 aromatic heterocycles. The van der Waals surface area contributed by atoms with Gasteiger partial charge in [0.25, 0.3) is 5.91 Å². The fourth-order valence-electron chi connectivity index (χ4n) is 3.02. The lowest BCUT2D eigenvalue weighted by Gasteiger charge is -2.09. The molecule has 1 aliphatic heterocycles. The van der Waals surface area contributed by atoms with Gasteiger partial charge >= 0.3 is 0 Å². The molecule has 0 radical (unpaired) electrons. The van der Waals surface area contributed by atoms with Crippen molar-refractivity contribution in [3.8, 4) is 5.75 Å². The Kier molecular flexibility index (Phi) is 7.07. The van der Waals surface area contributed by atoms with Crippen LogP contribution in [-0.2, 0) is 17.8 Å². The zero-order valence-electron chi connectivity index (χ0n) is 17.3. The molecule has 0 saturated carbocycles. The molecule has 3 aromatic rings. The van der Waals surface area contributed by atoms with Crippen LogP contribution in [0.2, 0.25) is 0 Å². The van der Waals surface area contributed by atoms with Crippen molar-refractivity contribution in [2.24, 2.45) is 4.99 Å². The molecule has 162 valence electrons. The number of rotatable bonds is 6. The standard InChI is InChI=1S/C25H20BrFN2O2S/c1-2-16-5-10-20(11-6-16)28-25-29-24(30)23(32-25)14-18-7-12-22(21(26)13-18)31-15-17-3-8-19(27)9-4-17/h3-14H,2,15H2,1H3,(H,28,29,30)/b23-14-. The summed E-state index contributed by atoms with van der Waals surface area (Å²) in [6.45, 7) is 2.43. The first-order valence-electron chi connectivity index (χ1n) is 10.1. The molecular formula is C25H20BrFN2O2S. The molecule has 0 unspecified atom stereocenters. The van der Waals surface area contributed by atoms with Crippen molar-refractivity contribution in [3.63, 3.8) is 0 Å². The second kappa shape index (κ2) is 10.1. The van der Waals surface area contributed by atoms with Crippen molar-refractivity contribution in [2.75, 3.05) is 0 Å². The number of carbonyl (C=O) groups excluding carboxylic acids is 1. The summed E-state index contributed by atoms with van der Waals surface area (Å²) in [6, 6.07) is 19.8. The van der Waals surface area contributed by atoms with Gasteiger partial charge in [-0.3, -0.25) is 4.79 Å². The van der Waals surface area contributed by atoms with Crippen LogP contribution in [-0.4, -0.2) is 11.1 Å². The van der Waals surface area contributed by atoms with Crippen molar-refractivity contribution in [1.29, 1.82) is 0 Å². The van der Waals surface area contributed by atoms with Crippen LogP contribution in [0.5, 0.6) is 5.75 Å². The van der Waals surface area contributed by atoms with E-state index in [1.807, 2.05) is 48.5 Å². The maximum atomic E-state index is 13.0. The SMILES string of the molecule is CCc1ccc(N=C2NC(=O)/C(=C/c3ccc(OCc4ccc(F)cc4)c(Br)c3)S2)cc1. The number of ether oxygens (including phenoxy) is 1. The number of hydrogen-bond donors (Lipinski definition) is 1. The zero-order valence-corrected chi connectivity index (χ0v) is 19.7. The fourth-order valence-corrected chi connectivity index (χ4v) is 4.37. The number of halogens is 2. The van der Waals surface area contributed by atoms with Gasteiger partial charge in [-0.2, -0.15) is 0 Å². The quantitative estimate of drug-likeness (QED) is 0.379. The highest BCUT2D eigenvalue weighted by Gasteiger charge is 2.23. The highest BCUT2D eigenvalue weighted by atomic mass is 79.9. The lowest BCUT2D eigenvalue weighted by Crippen LogP contribution is -2.19. The fraction of sp³-hybridized carbons (Fsp3) is 0.120. The number of nitrogens with one attached hydrogen (secondary N) is 1. The topological polar surface area (TPSA) is 50.7 Å². The minimum Gasteiger partial charge on any atom is -0.488 e. The Bertz CT molecular complexity index is 1190. The molecule has 1 heterocycles. The smallest absolute Gasteiger partial charge is 0.264 e. The van der Waals surface area contributed by atoms with E-state index in [2.05, 4.69) is 33.2 Å². The van der Waals surface area contributed by atoms with E-state index in [4.69, 9.17) is 4.74 Å². The average molecular weight is 511 g/mol. The molecule has 4 nitrogen and oxygen atoms in total. The van der Waals surface area contributed by atoms with Crippen LogP contribution in [0, 0.1) is 5.82 Å². The molecule has 0 bridgehead atoms. The number of benzene rings is 3. The summed E-state index contributed by atoms with van der Waals surface area (Å²) in [5, 5.41) is 3.37. The Labute approximate surface area is 198 Å². The number of hydrogen-bond acceptors (Lipinski definition) is 4. The van der Waals surface area contributed by atoms with E-state index in [1.165, 1.54) is 29.5 Å². The Morgan fingerprint density at radius 2 is 1.78 bits per heavy atom. The van der Waals surface area contributed by atoms with Crippen LogP contribution in [0.3, 0.4) is 0 Å². The second-order valence-electron chi connectivity index (χ2n) is 7.11. The van der Waals surface area contributed by atoms with Gasteiger partial charge in [0.05, 0.1) is 15.1 Å². The summed E-state index contributed by atoms with van der Waals surface area (Å²) in [6.07, 6.45) is 2.79. The Balaban J connectivity index is 1.43. The third-order valence-electron chi connectivity index (χ3n) is 4.79. The summed E-state index contributed by atoms with van der Waals surface area (Å²) >= 11 is 4.83. The van der Waals surface area contributed by atoms with Crippen molar-refractivity contribution in [1.82, 2.24) is 5.32 Å². The van der Waals surface area contributed by atoms with E-state index < -0.39 is 0 Å². The van der Waals surface area contributed by atoms with Gasteiger partial charge in [0, 0.05) is 0 Å². The predicted molar refractivity (Wildman–Crippen MR) is 131 cm³/mol. The van der Waals surface area contributed by atoms with Gasteiger partial charge in [0.1, 0.15) is 18.2 Å². The second-order valence-corrected chi connectivity index (χ2v) is 8.99. The first-order chi connectivity index (χ1) is 15.5. The maximum absolute atomic E-state index is 13.0. The molecule has 1 amide bonds. The minimum atomic E-state index is -0.274. The molecular weight excluding hydrogens is 491 g/mol. The number of amidine groups is 1. The average Bonchev–Trinajstić information content (AvgIpc) is 3.13. The van der Waals surface area contributed by atoms with E-state index in [9.17, 15) is 9.18 Å². The van der Waals surface area contributed by atoms with Crippen LogP contribution >= 0.6 is 27.7 Å². The monoisotopic (exact) mass is 510 g/mol. The molecule has 0 atom stereocenters. The number of aryl methyl sites for hydroxylation is 1. The summed E-state index contributed by atoms with van der Waals surface area (Å²) in [5.74, 6) is 0.216. The van der Waals surface area contributed by atoms with E-state index in [-0.39, 0.29) is 11.7 Å². The highest BCUT2D eigenvalue weighted by molar-refractivity contribution is 9.10. The third kappa shape index (κ3) is 5.66. The molecule has 32 heavy (non-hydrogen) atoms. The predicted octanol–water partition coefficient (Wildman–Crippen LogP) is 6.62. The normalized spacial score (nSPS) is 15.9. The Morgan fingerprint density at radius 3 is 2.47 bits per heavy atom. The van der Waals surface area contributed by atoms with Crippen LogP contribution in [0.25, 0.3) is 6.08 Å². The molecule has 7 heteroatoms. The van der Waals surface area contributed by atoms with Crippen molar-refractivity contribution in [3.05, 3.63) is 98.6 Å². The van der Waals surface area contributed by atoms with Crippen molar-refractivity contribution < 1.29 is 13.9 Å². The van der Waals surface area contributed by atoms with Crippen LogP contribution < -0.4 is 10.1 Å². The zero-order chi connectivity index (χ0) is 22.5. The number of carbonyl (C=O) groups is 1. The maximum Gasteiger partial charge on any atom is 0.264 e. The number of thioether (sulfide) groups is 1. The largest absolute Gasteiger partial charge is 0.488 e. The van der Waals surface area contributed by atoms with E-state index in [0.29, 0.717) is 22.4 Å². The van der Waals surface area contributed by atoms with Crippen LogP contribution in [0.15, 0.2) is 81.1 Å². The molecule has 3 aromatic carbocycles.